The van der Waals surface area contributed by atoms with Gasteiger partial charge in [0.15, 0.2) is 0 Å². The van der Waals surface area contributed by atoms with Gasteiger partial charge in [-0.2, -0.15) is 18.4 Å². The molecule has 2 aromatic carbocycles. The van der Waals surface area contributed by atoms with E-state index in [1.165, 1.54) is 12.1 Å². The number of nitrogens with one attached hydrogen (secondary N) is 1. The molecule has 0 fully saturated rings. The van der Waals surface area contributed by atoms with Crippen LogP contribution in [0.5, 0.6) is 5.88 Å². The summed E-state index contributed by atoms with van der Waals surface area (Å²) in [4.78, 5) is 0. The Hall–Kier alpha value is -3.15. The summed E-state index contributed by atoms with van der Waals surface area (Å²) in [7, 11) is 0. The molecular formula is C20H11Cl2F3N4O. The average molecular weight is 451 g/mol. The first-order valence-corrected chi connectivity index (χ1v) is 9.24. The van der Waals surface area contributed by atoms with Crippen LogP contribution in [0.1, 0.15) is 22.6 Å². The van der Waals surface area contributed by atoms with E-state index in [9.17, 15) is 18.4 Å². The zero-order valence-corrected chi connectivity index (χ0v) is 16.4. The van der Waals surface area contributed by atoms with Crippen LogP contribution >= 0.6 is 23.2 Å². The van der Waals surface area contributed by atoms with Crippen molar-refractivity contribution >= 4 is 23.2 Å². The number of aromatic nitrogens is 2. The lowest BCUT2D eigenvalue weighted by molar-refractivity contribution is -0.137. The summed E-state index contributed by atoms with van der Waals surface area (Å²) in [6.07, 6.45) is -4.48. The Balaban J connectivity index is 1.90. The summed E-state index contributed by atoms with van der Waals surface area (Å²) < 4.78 is 44.4. The molecule has 5 nitrogen and oxygen atoms in total. The van der Waals surface area contributed by atoms with Crippen LogP contribution in [0.15, 0.2) is 53.9 Å². The van der Waals surface area contributed by atoms with Crippen LogP contribution in [0.3, 0.4) is 0 Å². The molecule has 0 bridgehead atoms. The summed E-state index contributed by atoms with van der Waals surface area (Å²) in [5.74, 6) is -0.830. The predicted octanol–water partition coefficient (Wildman–Crippen LogP) is 5.62. The van der Waals surface area contributed by atoms with Gasteiger partial charge in [0, 0.05) is 5.56 Å². The highest BCUT2D eigenvalue weighted by Gasteiger charge is 2.36. The first-order chi connectivity index (χ1) is 14.2. The molecule has 3 aromatic rings. The molecule has 0 saturated heterocycles. The lowest BCUT2D eigenvalue weighted by atomic mass is 9.83. The predicted molar refractivity (Wildman–Crippen MR) is 105 cm³/mol. The molecule has 2 heterocycles. The van der Waals surface area contributed by atoms with Gasteiger partial charge < -0.3 is 10.5 Å². The van der Waals surface area contributed by atoms with E-state index in [2.05, 4.69) is 10.2 Å². The van der Waals surface area contributed by atoms with Crippen LogP contribution < -0.4 is 10.5 Å². The number of aromatic amines is 1. The number of rotatable bonds is 2. The fraction of sp³-hybridized carbons (Fsp3) is 0.100. The number of alkyl halides is 3. The molecule has 1 aromatic heterocycles. The fourth-order valence-electron chi connectivity index (χ4n) is 3.31. The summed E-state index contributed by atoms with van der Waals surface area (Å²) in [5, 5.41) is 17.3. The highest BCUT2D eigenvalue weighted by Crippen LogP contribution is 2.46. The minimum Gasteiger partial charge on any atom is -0.420 e. The van der Waals surface area contributed by atoms with Gasteiger partial charge in [0.05, 0.1) is 32.8 Å². The summed E-state index contributed by atoms with van der Waals surface area (Å²) in [6, 6.07) is 11.4. The maximum absolute atomic E-state index is 13.0. The quantitative estimate of drug-likeness (QED) is 0.530. The van der Waals surface area contributed by atoms with Crippen molar-refractivity contribution in [2.24, 2.45) is 5.73 Å². The molecule has 10 heteroatoms. The lowest BCUT2D eigenvalue weighted by Gasteiger charge is -2.24. The number of halogens is 5. The van der Waals surface area contributed by atoms with E-state index >= 15 is 0 Å². The van der Waals surface area contributed by atoms with Gasteiger partial charge in [-0.3, -0.25) is 5.10 Å². The molecule has 1 atom stereocenters. The van der Waals surface area contributed by atoms with E-state index in [-0.39, 0.29) is 17.3 Å². The topological polar surface area (TPSA) is 87.7 Å². The molecule has 4 rings (SSSR count). The maximum Gasteiger partial charge on any atom is 0.416 e. The molecule has 0 aliphatic carbocycles. The normalized spacial score (nSPS) is 16.1. The molecule has 3 N–H and O–H groups in total. The van der Waals surface area contributed by atoms with Crippen molar-refractivity contribution in [3.05, 3.63) is 80.7 Å². The van der Waals surface area contributed by atoms with Gasteiger partial charge in [0.2, 0.25) is 11.8 Å². The van der Waals surface area contributed by atoms with Crippen LogP contribution in [0.4, 0.5) is 13.2 Å². The summed E-state index contributed by atoms with van der Waals surface area (Å²) in [5.41, 5.74) is 7.12. The number of fused-ring (bicyclic) bond motifs is 1. The first kappa shape index (κ1) is 20.1. The lowest BCUT2D eigenvalue weighted by Crippen LogP contribution is -2.21. The van der Waals surface area contributed by atoms with Gasteiger partial charge in [-0.25, -0.2) is 0 Å². The van der Waals surface area contributed by atoms with Crippen molar-refractivity contribution in [2.45, 2.75) is 12.1 Å². The zero-order chi connectivity index (χ0) is 21.6. The van der Waals surface area contributed by atoms with E-state index in [0.717, 1.165) is 12.1 Å². The molecule has 0 radical (unpaired) electrons. The number of hydrogen-bond acceptors (Lipinski definition) is 4. The van der Waals surface area contributed by atoms with Crippen LogP contribution in [0.2, 0.25) is 10.0 Å². The molecular weight excluding hydrogens is 440 g/mol. The first-order valence-electron chi connectivity index (χ1n) is 8.49. The monoisotopic (exact) mass is 450 g/mol. The molecule has 0 amide bonds. The summed E-state index contributed by atoms with van der Waals surface area (Å²) in [6.45, 7) is 0. The second kappa shape index (κ2) is 7.27. The van der Waals surface area contributed by atoms with Gasteiger partial charge in [-0.15, -0.1) is 5.10 Å². The number of allylic oxidation sites excluding steroid dienone is 1. The second-order valence-corrected chi connectivity index (χ2v) is 7.31. The highest BCUT2D eigenvalue weighted by molar-refractivity contribution is 6.42. The third-order valence-electron chi connectivity index (χ3n) is 4.72. The largest absolute Gasteiger partial charge is 0.420 e. The van der Waals surface area contributed by atoms with E-state index in [1.807, 2.05) is 6.07 Å². The Labute approximate surface area is 178 Å². The van der Waals surface area contributed by atoms with E-state index in [0.29, 0.717) is 32.4 Å². The van der Waals surface area contributed by atoms with Crippen molar-refractivity contribution in [1.29, 1.82) is 5.26 Å². The van der Waals surface area contributed by atoms with Crippen LogP contribution in [0, 0.1) is 11.3 Å². The Kier molecular flexibility index (Phi) is 4.88. The van der Waals surface area contributed by atoms with Gasteiger partial charge >= 0.3 is 6.18 Å². The molecule has 0 saturated carbocycles. The number of H-pyrrole nitrogens is 1. The van der Waals surface area contributed by atoms with Gasteiger partial charge in [-0.05, 0) is 29.8 Å². The smallest absolute Gasteiger partial charge is 0.416 e. The maximum atomic E-state index is 13.0. The van der Waals surface area contributed by atoms with Crippen LogP contribution in [-0.2, 0) is 6.18 Å². The number of nitrogens with two attached hydrogens (primary N) is 1. The van der Waals surface area contributed by atoms with Crippen molar-refractivity contribution in [3.63, 3.8) is 0 Å². The average Bonchev–Trinajstić information content (AvgIpc) is 3.11. The standard InChI is InChI=1S/C20H11Cl2F3N4O/c21-13-6-3-10(7-14(13)22)17-16-15(9-1-4-11(5-2-9)20(23,24)25)12(8-26)18(27)30-19(16)29-28-17/h1-7,15H,27H2,(H,28,29)/t15-/m0/s1. The van der Waals surface area contributed by atoms with E-state index in [4.69, 9.17) is 33.7 Å². The number of ether oxygens (including phenoxy) is 1. The Morgan fingerprint density at radius 2 is 1.80 bits per heavy atom. The van der Waals surface area contributed by atoms with Crippen molar-refractivity contribution in [1.82, 2.24) is 10.2 Å². The molecule has 1 aliphatic heterocycles. The number of hydrogen-bond donors (Lipinski definition) is 2. The summed E-state index contributed by atoms with van der Waals surface area (Å²) >= 11 is 12.1. The third kappa shape index (κ3) is 3.36. The Morgan fingerprint density at radius 1 is 1.10 bits per heavy atom. The van der Waals surface area contributed by atoms with Crippen LogP contribution in [0.25, 0.3) is 11.3 Å². The van der Waals surface area contributed by atoms with E-state index < -0.39 is 17.7 Å². The molecule has 0 unspecified atom stereocenters. The number of nitrogens with zero attached hydrogens (tertiary/aromatic N) is 2. The second-order valence-electron chi connectivity index (χ2n) is 6.49. The SMILES string of the molecule is N#CC1=C(N)Oc2n[nH]c(-c3ccc(Cl)c(Cl)c3)c2[C@H]1c1ccc(C(F)(F)F)cc1. The van der Waals surface area contributed by atoms with Gasteiger partial charge in [0.25, 0.3) is 0 Å². The molecule has 30 heavy (non-hydrogen) atoms. The van der Waals surface area contributed by atoms with Crippen molar-refractivity contribution < 1.29 is 17.9 Å². The Bertz CT molecular complexity index is 1210. The minimum atomic E-state index is -4.48. The number of nitriles is 1. The zero-order valence-electron chi connectivity index (χ0n) is 14.9. The molecule has 152 valence electrons. The minimum absolute atomic E-state index is 0.0602. The fourth-order valence-corrected chi connectivity index (χ4v) is 3.61. The molecule has 0 spiro atoms. The number of benzene rings is 2. The van der Waals surface area contributed by atoms with Gasteiger partial charge in [0.1, 0.15) is 11.6 Å². The van der Waals surface area contributed by atoms with Gasteiger partial charge in [-0.1, -0.05) is 41.4 Å². The molecule has 1 aliphatic rings. The van der Waals surface area contributed by atoms with Crippen molar-refractivity contribution in [3.8, 4) is 23.2 Å². The van der Waals surface area contributed by atoms with Crippen molar-refractivity contribution in [2.75, 3.05) is 0 Å². The van der Waals surface area contributed by atoms with E-state index in [1.54, 1.807) is 18.2 Å². The van der Waals surface area contributed by atoms with Crippen LogP contribution in [-0.4, -0.2) is 10.2 Å². The Morgan fingerprint density at radius 3 is 2.40 bits per heavy atom. The highest BCUT2D eigenvalue weighted by atomic mass is 35.5. The third-order valence-corrected chi connectivity index (χ3v) is 5.46.